The topological polar surface area (TPSA) is 50.8 Å². The molecular weight excluding hydrogens is 336 g/mol. The maximum Gasteiger partial charge on any atom is 0.251 e. The summed E-state index contributed by atoms with van der Waals surface area (Å²) in [5.41, 5.74) is 1.64. The Morgan fingerprint density at radius 1 is 1.36 bits per heavy atom. The van der Waals surface area contributed by atoms with Gasteiger partial charge in [0.25, 0.3) is 5.91 Å². The van der Waals surface area contributed by atoms with Crippen LogP contribution >= 0.6 is 11.3 Å². The Bertz CT molecular complexity index is 697. The molecule has 1 unspecified atom stereocenters. The van der Waals surface area contributed by atoms with E-state index in [0.717, 1.165) is 37.6 Å². The highest BCUT2D eigenvalue weighted by atomic mass is 32.1. The van der Waals surface area contributed by atoms with Crippen LogP contribution in [0.15, 0.2) is 35.7 Å². The number of amides is 1. The highest BCUT2D eigenvalue weighted by molar-refractivity contribution is 7.10. The molecule has 0 radical (unpaired) electrons. The van der Waals surface area contributed by atoms with Crippen molar-refractivity contribution in [3.63, 3.8) is 0 Å². The van der Waals surface area contributed by atoms with Crippen LogP contribution in [-0.4, -0.2) is 50.8 Å². The lowest BCUT2D eigenvalue weighted by Crippen LogP contribution is -2.43. The van der Waals surface area contributed by atoms with Gasteiger partial charge in [-0.25, -0.2) is 0 Å². The van der Waals surface area contributed by atoms with Crippen molar-refractivity contribution in [2.24, 2.45) is 0 Å². The average Bonchev–Trinajstić information content (AvgIpc) is 3.17. The Morgan fingerprint density at radius 3 is 2.84 bits per heavy atom. The van der Waals surface area contributed by atoms with Crippen LogP contribution in [0, 0.1) is 6.92 Å². The molecule has 1 saturated heterocycles. The van der Waals surface area contributed by atoms with Gasteiger partial charge in [0.05, 0.1) is 26.4 Å². The molecule has 134 valence electrons. The minimum atomic E-state index is -0.0758. The second kappa shape index (κ2) is 8.47. The Labute approximate surface area is 152 Å². The fraction of sp³-hybridized carbons (Fsp3) is 0.421. The standard InChI is InChI=1S/C19H24N2O3S/c1-14-5-6-15(12-17(14)23-2)19(22)20-13-16(18-4-3-11-25-18)21-7-9-24-10-8-21/h3-6,11-12,16H,7-10,13H2,1-2H3,(H,20,22). The molecule has 0 spiro atoms. The lowest BCUT2D eigenvalue weighted by Gasteiger charge is -2.34. The minimum Gasteiger partial charge on any atom is -0.496 e. The molecular formula is C19H24N2O3S. The molecule has 2 aromatic rings. The first-order chi connectivity index (χ1) is 12.2. The van der Waals surface area contributed by atoms with Gasteiger partial charge in [0.2, 0.25) is 0 Å². The van der Waals surface area contributed by atoms with Crippen molar-refractivity contribution in [3.05, 3.63) is 51.7 Å². The summed E-state index contributed by atoms with van der Waals surface area (Å²) < 4.78 is 10.8. The predicted octanol–water partition coefficient (Wildman–Crippen LogP) is 2.87. The normalized spacial score (nSPS) is 16.4. The summed E-state index contributed by atoms with van der Waals surface area (Å²) in [6.07, 6.45) is 0. The Hall–Kier alpha value is -1.89. The number of hydrogen-bond donors (Lipinski definition) is 1. The van der Waals surface area contributed by atoms with E-state index in [-0.39, 0.29) is 11.9 Å². The smallest absolute Gasteiger partial charge is 0.251 e. The lowest BCUT2D eigenvalue weighted by molar-refractivity contribution is 0.0169. The van der Waals surface area contributed by atoms with Crippen molar-refractivity contribution < 1.29 is 14.3 Å². The Kier molecular flexibility index (Phi) is 6.07. The van der Waals surface area contributed by atoms with Crippen molar-refractivity contribution in [1.82, 2.24) is 10.2 Å². The highest BCUT2D eigenvalue weighted by Crippen LogP contribution is 2.25. The molecule has 25 heavy (non-hydrogen) atoms. The quantitative estimate of drug-likeness (QED) is 0.861. The molecule has 1 N–H and O–H groups in total. The van der Waals surface area contributed by atoms with E-state index >= 15 is 0 Å². The third kappa shape index (κ3) is 4.39. The number of methoxy groups -OCH3 is 1. The van der Waals surface area contributed by atoms with E-state index in [1.165, 1.54) is 4.88 Å². The minimum absolute atomic E-state index is 0.0758. The number of nitrogens with zero attached hydrogens (tertiary/aromatic N) is 1. The van der Waals surface area contributed by atoms with E-state index in [9.17, 15) is 4.79 Å². The van der Waals surface area contributed by atoms with Gasteiger partial charge in [-0.3, -0.25) is 9.69 Å². The summed E-state index contributed by atoms with van der Waals surface area (Å²) in [5, 5.41) is 5.16. The van der Waals surface area contributed by atoms with Gasteiger partial charge in [0.1, 0.15) is 5.75 Å². The summed E-state index contributed by atoms with van der Waals surface area (Å²) in [6.45, 7) is 5.80. The van der Waals surface area contributed by atoms with Crippen LogP contribution < -0.4 is 10.1 Å². The SMILES string of the molecule is COc1cc(C(=O)NCC(c2cccs2)N2CCOCC2)ccc1C. The molecule has 1 aliphatic heterocycles. The summed E-state index contributed by atoms with van der Waals surface area (Å²) >= 11 is 1.73. The number of carbonyl (C=O) groups excluding carboxylic acids is 1. The number of carbonyl (C=O) groups is 1. The summed E-state index contributed by atoms with van der Waals surface area (Å²) in [5.74, 6) is 0.656. The van der Waals surface area contributed by atoms with Crippen LogP contribution in [0.2, 0.25) is 0 Å². The molecule has 1 fully saturated rings. The van der Waals surface area contributed by atoms with Crippen LogP contribution in [0.3, 0.4) is 0 Å². The molecule has 6 heteroatoms. The fourth-order valence-electron chi connectivity index (χ4n) is 3.03. The van der Waals surface area contributed by atoms with Gasteiger partial charge in [0, 0.05) is 30.1 Å². The number of rotatable bonds is 6. The number of thiophene rings is 1. The van der Waals surface area contributed by atoms with Crippen LogP contribution in [0.4, 0.5) is 0 Å². The van der Waals surface area contributed by atoms with Gasteiger partial charge in [-0.2, -0.15) is 0 Å². The zero-order valence-electron chi connectivity index (χ0n) is 14.7. The van der Waals surface area contributed by atoms with E-state index in [2.05, 4.69) is 27.7 Å². The van der Waals surface area contributed by atoms with E-state index < -0.39 is 0 Å². The third-order valence-electron chi connectivity index (χ3n) is 4.48. The first kappa shape index (κ1) is 17.9. The van der Waals surface area contributed by atoms with Crippen LogP contribution in [0.1, 0.15) is 26.8 Å². The van der Waals surface area contributed by atoms with Gasteiger partial charge >= 0.3 is 0 Å². The van der Waals surface area contributed by atoms with Crippen molar-refractivity contribution >= 4 is 17.2 Å². The first-order valence-electron chi connectivity index (χ1n) is 8.47. The summed E-state index contributed by atoms with van der Waals surface area (Å²) in [4.78, 5) is 16.2. The first-order valence-corrected chi connectivity index (χ1v) is 9.35. The van der Waals surface area contributed by atoms with Gasteiger partial charge < -0.3 is 14.8 Å². The molecule has 1 amide bonds. The maximum absolute atomic E-state index is 12.6. The molecule has 3 rings (SSSR count). The molecule has 1 aromatic carbocycles. The Morgan fingerprint density at radius 2 is 2.16 bits per heavy atom. The van der Waals surface area contributed by atoms with E-state index in [0.29, 0.717) is 12.1 Å². The van der Waals surface area contributed by atoms with Crippen molar-refractivity contribution in [1.29, 1.82) is 0 Å². The number of hydrogen-bond acceptors (Lipinski definition) is 5. The molecule has 1 aromatic heterocycles. The number of morpholine rings is 1. The fourth-order valence-corrected chi connectivity index (χ4v) is 3.89. The monoisotopic (exact) mass is 360 g/mol. The van der Waals surface area contributed by atoms with Crippen molar-refractivity contribution in [3.8, 4) is 5.75 Å². The average molecular weight is 360 g/mol. The second-order valence-corrected chi connectivity index (χ2v) is 7.05. The van der Waals surface area contributed by atoms with Gasteiger partial charge in [-0.1, -0.05) is 12.1 Å². The zero-order valence-corrected chi connectivity index (χ0v) is 15.5. The maximum atomic E-state index is 12.6. The molecule has 1 aliphatic rings. The van der Waals surface area contributed by atoms with Crippen molar-refractivity contribution in [2.45, 2.75) is 13.0 Å². The van der Waals surface area contributed by atoms with Crippen LogP contribution in [-0.2, 0) is 4.74 Å². The third-order valence-corrected chi connectivity index (χ3v) is 5.46. The summed E-state index contributed by atoms with van der Waals surface area (Å²) in [6, 6.07) is 9.90. The lowest BCUT2D eigenvalue weighted by atomic mass is 10.1. The molecule has 0 saturated carbocycles. The van der Waals surface area contributed by atoms with E-state index in [4.69, 9.17) is 9.47 Å². The largest absolute Gasteiger partial charge is 0.496 e. The van der Waals surface area contributed by atoms with Gasteiger partial charge in [-0.15, -0.1) is 11.3 Å². The van der Waals surface area contributed by atoms with Gasteiger partial charge in [0.15, 0.2) is 0 Å². The van der Waals surface area contributed by atoms with Crippen LogP contribution in [0.5, 0.6) is 5.75 Å². The van der Waals surface area contributed by atoms with E-state index in [1.807, 2.05) is 19.1 Å². The number of aryl methyl sites for hydroxylation is 1. The summed E-state index contributed by atoms with van der Waals surface area (Å²) in [7, 11) is 1.62. The van der Waals surface area contributed by atoms with Crippen molar-refractivity contribution in [2.75, 3.05) is 40.0 Å². The molecule has 0 bridgehead atoms. The number of nitrogens with one attached hydrogen (secondary N) is 1. The zero-order chi connectivity index (χ0) is 17.6. The predicted molar refractivity (Wildman–Crippen MR) is 99.5 cm³/mol. The molecule has 1 atom stereocenters. The Balaban J connectivity index is 1.69. The molecule has 0 aliphatic carbocycles. The molecule has 2 heterocycles. The number of benzene rings is 1. The number of ether oxygens (including phenoxy) is 2. The van der Waals surface area contributed by atoms with Gasteiger partial charge in [-0.05, 0) is 36.1 Å². The van der Waals surface area contributed by atoms with Crippen LogP contribution in [0.25, 0.3) is 0 Å². The van der Waals surface area contributed by atoms with E-state index in [1.54, 1.807) is 24.5 Å². The molecule has 5 nitrogen and oxygen atoms in total. The highest BCUT2D eigenvalue weighted by Gasteiger charge is 2.24. The second-order valence-electron chi connectivity index (χ2n) is 6.07.